The first-order chi connectivity index (χ1) is 7.01. The number of sulfone groups is 1. The van der Waals surface area contributed by atoms with Gasteiger partial charge in [-0.3, -0.25) is 0 Å². The molecular weight excluding hydrogens is 232 g/mol. The van der Waals surface area contributed by atoms with E-state index in [0.717, 1.165) is 10.7 Å². The molecule has 0 bridgehead atoms. The highest BCUT2D eigenvalue weighted by Gasteiger charge is 2.02. The predicted octanol–water partition coefficient (Wildman–Crippen LogP) is 1.26. The van der Waals surface area contributed by atoms with E-state index in [9.17, 15) is 8.42 Å². The Labute approximate surface area is 94.4 Å². The van der Waals surface area contributed by atoms with Gasteiger partial charge in [0.05, 0.1) is 5.75 Å². The Balaban J connectivity index is 2.51. The quantitative estimate of drug-likeness (QED) is 0.793. The number of thioether (sulfide) groups is 1. The molecule has 4 nitrogen and oxygen atoms in total. The van der Waals surface area contributed by atoms with E-state index >= 15 is 0 Å². The molecule has 1 aromatic heterocycles. The molecule has 1 heterocycles. The molecule has 0 aromatic carbocycles. The second-order valence-corrected chi connectivity index (χ2v) is 6.53. The van der Waals surface area contributed by atoms with Crippen LogP contribution in [-0.2, 0) is 9.84 Å². The van der Waals surface area contributed by atoms with Crippen molar-refractivity contribution >= 4 is 27.4 Å². The monoisotopic (exact) mass is 246 g/mol. The number of aromatic nitrogens is 1. The van der Waals surface area contributed by atoms with E-state index in [2.05, 4.69) is 10.3 Å². The molecule has 0 unspecified atom stereocenters. The lowest BCUT2D eigenvalue weighted by Gasteiger charge is -2.03. The highest BCUT2D eigenvalue weighted by Crippen LogP contribution is 2.19. The van der Waals surface area contributed by atoms with Crippen LogP contribution in [0.25, 0.3) is 0 Å². The predicted molar refractivity (Wildman–Crippen MR) is 64.2 cm³/mol. The maximum Gasteiger partial charge on any atom is 0.148 e. The summed E-state index contributed by atoms with van der Waals surface area (Å²) in [6, 6.07) is 3.76. The molecule has 0 spiro atoms. The number of pyridine rings is 1. The van der Waals surface area contributed by atoms with Crippen LogP contribution in [0.5, 0.6) is 0 Å². The SMILES string of the molecule is CNc1cc(SCCS(C)(=O)=O)ccn1. The third kappa shape index (κ3) is 5.03. The minimum atomic E-state index is -2.86. The lowest BCUT2D eigenvalue weighted by atomic mass is 10.5. The average Bonchev–Trinajstić information content (AvgIpc) is 2.16. The molecule has 0 aliphatic heterocycles. The van der Waals surface area contributed by atoms with Gasteiger partial charge in [-0.15, -0.1) is 11.8 Å². The minimum absolute atomic E-state index is 0.203. The molecule has 0 saturated carbocycles. The molecule has 6 heteroatoms. The summed E-state index contributed by atoms with van der Waals surface area (Å²) in [5.41, 5.74) is 0. The first kappa shape index (κ1) is 12.3. The summed E-state index contributed by atoms with van der Waals surface area (Å²) in [6.07, 6.45) is 2.95. The summed E-state index contributed by atoms with van der Waals surface area (Å²) in [5.74, 6) is 1.57. The molecule has 0 amide bonds. The fourth-order valence-corrected chi connectivity index (χ4v) is 3.08. The van der Waals surface area contributed by atoms with Gasteiger partial charge >= 0.3 is 0 Å². The van der Waals surface area contributed by atoms with Gasteiger partial charge in [0.25, 0.3) is 0 Å². The maximum absolute atomic E-state index is 10.9. The van der Waals surface area contributed by atoms with Crippen LogP contribution in [-0.4, -0.2) is 38.2 Å². The van der Waals surface area contributed by atoms with Crippen molar-refractivity contribution in [1.82, 2.24) is 4.98 Å². The molecule has 1 aromatic rings. The Hall–Kier alpha value is -0.750. The fraction of sp³-hybridized carbons (Fsp3) is 0.444. The Kier molecular flexibility index (Phi) is 4.41. The Morgan fingerprint density at radius 2 is 2.27 bits per heavy atom. The van der Waals surface area contributed by atoms with E-state index in [-0.39, 0.29) is 5.75 Å². The van der Waals surface area contributed by atoms with Crippen LogP contribution in [0.1, 0.15) is 0 Å². The topological polar surface area (TPSA) is 59.1 Å². The van der Waals surface area contributed by atoms with Gasteiger partial charge in [0.1, 0.15) is 15.7 Å². The normalized spacial score (nSPS) is 11.3. The molecule has 84 valence electrons. The highest BCUT2D eigenvalue weighted by atomic mass is 32.2. The van der Waals surface area contributed by atoms with Crippen LogP contribution in [0, 0.1) is 0 Å². The first-order valence-corrected chi connectivity index (χ1v) is 7.50. The molecule has 0 aliphatic rings. The van der Waals surface area contributed by atoms with Crippen molar-refractivity contribution in [3.05, 3.63) is 18.3 Å². The molecule has 0 atom stereocenters. The van der Waals surface area contributed by atoms with Gasteiger partial charge in [0.2, 0.25) is 0 Å². The number of rotatable bonds is 5. The van der Waals surface area contributed by atoms with Gasteiger partial charge in [-0.25, -0.2) is 13.4 Å². The molecular formula is C9H14N2O2S2. The lowest BCUT2D eigenvalue weighted by Crippen LogP contribution is -2.04. The number of anilines is 1. The van der Waals surface area contributed by atoms with Crippen LogP contribution in [0.4, 0.5) is 5.82 Å². The van der Waals surface area contributed by atoms with Crippen molar-refractivity contribution in [2.75, 3.05) is 30.1 Å². The van der Waals surface area contributed by atoms with E-state index in [1.165, 1.54) is 18.0 Å². The van der Waals surface area contributed by atoms with Gasteiger partial charge < -0.3 is 5.32 Å². The number of hydrogen-bond acceptors (Lipinski definition) is 5. The van der Waals surface area contributed by atoms with Crippen LogP contribution >= 0.6 is 11.8 Å². The Morgan fingerprint density at radius 1 is 1.53 bits per heavy atom. The zero-order valence-corrected chi connectivity index (χ0v) is 10.4. The third-order valence-corrected chi connectivity index (χ3v) is 3.91. The van der Waals surface area contributed by atoms with Crippen molar-refractivity contribution in [1.29, 1.82) is 0 Å². The molecule has 0 radical (unpaired) electrons. The Bertz CT molecular complexity index is 418. The standard InChI is InChI=1S/C9H14N2O2S2/c1-10-9-7-8(3-4-11-9)14-5-6-15(2,12)13/h3-4,7H,5-6H2,1-2H3,(H,10,11). The molecule has 0 saturated heterocycles. The highest BCUT2D eigenvalue weighted by molar-refractivity contribution is 8.00. The summed E-state index contributed by atoms with van der Waals surface area (Å²) >= 11 is 1.52. The van der Waals surface area contributed by atoms with Crippen LogP contribution in [0.15, 0.2) is 23.2 Å². The summed E-state index contributed by atoms with van der Waals surface area (Å²) in [7, 11) is -1.06. The van der Waals surface area contributed by atoms with Crippen LogP contribution in [0.3, 0.4) is 0 Å². The van der Waals surface area contributed by atoms with Gasteiger partial charge in [-0.2, -0.15) is 0 Å². The zero-order chi connectivity index (χ0) is 11.3. The molecule has 1 N–H and O–H groups in total. The van der Waals surface area contributed by atoms with E-state index < -0.39 is 9.84 Å². The molecule has 0 fully saturated rings. The summed E-state index contributed by atoms with van der Waals surface area (Å²) in [5, 5.41) is 2.93. The lowest BCUT2D eigenvalue weighted by molar-refractivity contribution is 0.603. The smallest absolute Gasteiger partial charge is 0.148 e. The van der Waals surface area contributed by atoms with E-state index in [4.69, 9.17) is 0 Å². The van der Waals surface area contributed by atoms with E-state index in [1.54, 1.807) is 13.2 Å². The van der Waals surface area contributed by atoms with Crippen molar-refractivity contribution < 1.29 is 8.42 Å². The number of nitrogens with zero attached hydrogens (tertiary/aromatic N) is 1. The van der Waals surface area contributed by atoms with E-state index in [0.29, 0.717) is 5.75 Å². The molecule has 1 rings (SSSR count). The van der Waals surface area contributed by atoms with Crippen molar-refractivity contribution in [2.45, 2.75) is 4.90 Å². The van der Waals surface area contributed by atoms with Gasteiger partial charge in [-0.05, 0) is 12.1 Å². The van der Waals surface area contributed by atoms with Crippen LogP contribution in [0.2, 0.25) is 0 Å². The first-order valence-electron chi connectivity index (χ1n) is 4.45. The maximum atomic E-state index is 10.9. The zero-order valence-electron chi connectivity index (χ0n) is 8.73. The van der Waals surface area contributed by atoms with Gasteiger partial charge in [-0.1, -0.05) is 0 Å². The average molecular weight is 246 g/mol. The molecule has 15 heavy (non-hydrogen) atoms. The fourth-order valence-electron chi connectivity index (χ4n) is 0.949. The largest absolute Gasteiger partial charge is 0.373 e. The van der Waals surface area contributed by atoms with E-state index in [1.807, 2.05) is 12.1 Å². The molecule has 0 aliphatic carbocycles. The van der Waals surface area contributed by atoms with Crippen LogP contribution < -0.4 is 5.32 Å². The van der Waals surface area contributed by atoms with Crippen molar-refractivity contribution in [3.63, 3.8) is 0 Å². The van der Waals surface area contributed by atoms with Gasteiger partial charge in [0.15, 0.2) is 0 Å². The summed E-state index contributed by atoms with van der Waals surface area (Å²) < 4.78 is 21.8. The second kappa shape index (κ2) is 5.37. The minimum Gasteiger partial charge on any atom is -0.373 e. The van der Waals surface area contributed by atoms with Gasteiger partial charge in [0, 0.05) is 30.1 Å². The van der Waals surface area contributed by atoms with Crippen molar-refractivity contribution in [2.24, 2.45) is 0 Å². The summed E-state index contributed by atoms with van der Waals surface area (Å²) in [6.45, 7) is 0. The third-order valence-electron chi connectivity index (χ3n) is 1.71. The Morgan fingerprint density at radius 3 is 2.87 bits per heavy atom. The number of hydrogen-bond donors (Lipinski definition) is 1. The van der Waals surface area contributed by atoms with Crippen molar-refractivity contribution in [3.8, 4) is 0 Å². The second-order valence-electron chi connectivity index (χ2n) is 3.11. The summed E-state index contributed by atoms with van der Waals surface area (Å²) in [4.78, 5) is 5.10. The number of nitrogens with one attached hydrogen (secondary N) is 1.